The molecule has 0 saturated carbocycles. The Kier molecular flexibility index (Phi) is 9.79. The lowest BCUT2D eigenvalue weighted by atomic mass is 10.2. The fourth-order valence-electron chi connectivity index (χ4n) is 1.87. The summed E-state index contributed by atoms with van der Waals surface area (Å²) in [6, 6.07) is 4.93. The van der Waals surface area contributed by atoms with Crippen molar-refractivity contribution in [1.82, 2.24) is 0 Å². The fourth-order valence-corrected chi connectivity index (χ4v) is 1.87. The summed E-state index contributed by atoms with van der Waals surface area (Å²) < 4.78 is 26.6. The van der Waals surface area contributed by atoms with Crippen molar-refractivity contribution in [3.63, 3.8) is 0 Å². The number of benzene rings is 1. The molecule has 0 radical (unpaired) electrons. The minimum Gasteiger partial charge on any atom is -0.491 e. The Morgan fingerprint density at radius 2 is 1.31 bits per heavy atom. The molecule has 8 heteroatoms. The van der Waals surface area contributed by atoms with Crippen molar-refractivity contribution in [1.29, 1.82) is 0 Å². The van der Waals surface area contributed by atoms with Crippen LogP contribution < -0.4 is 14.2 Å². The van der Waals surface area contributed by atoms with E-state index in [0.717, 1.165) is 0 Å². The average molecular weight is 372 g/mol. The Morgan fingerprint density at radius 1 is 0.846 bits per heavy atom. The highest BCUT2D eigenvalue weighted by atomic mass is 16.6. The van der Waals surface area contributed by atoms with Crippen molar-refractivity contribution in [2.45, 2.75) is 26.4 Å². The van der Waals surface area contributed by atoms with Crippen LogP contribution in [0.2, 0.25) is 0 Å². The van der Waals surface area contributed by atoms with Gasteiger partial charge in [0.1, 0.15) is 49.3 Å². The fraction of sp³-hybridized carbons (Fsp3) is 0.611. The molecule has 148 valence electrons. The Bertz CT molecular complexity index is 512. The third-order valence-corrected chi connectivity index (χ3v) is 2.71. The first kappa shape index (κ1) is 22.0. The summed E-state index contributed by atoms with van der Waals surface area (Å²) in [5.74, 6) is 0.990. The van der Waals surface area contributed by atoms with Gasteiger partial charge in [-0.3, -0.25) is 0 Å². The number of aliphatic hydroxyl groups is 2. The largest absolute Gasteiger partial charge is 0.491 e. The molecule has 0 aromatic heterocycles. The molecule has 0 atom stereocenters. The molecule has 1 rings (SSSR count). The lowest BCUT2D eigenvalue weighted by Crippen LogP contribution is -2.27. The summed E-state index contributed by atoms with van der Waals surface area (Å²) in [6.45, 7) is 5.68. The summed E-state index contributed by atoms with van der Waals surface area (Å²) >= 11 is 0. The quantitative estimate of drug-likeness (QED) is 0.416. The molecule has 0 amide bonds. The Hall–Kier alpha value is -2.03. The maximum absolute atomic E-state index is 11.5. The molecule has 8 nitrogen and oxygen atoms in total. The predicted molar refractivity (Wildman–Crippen MR) is 93.8 cm³/mol. The first-order valence-corrected chi connectivity index (χ1v) is 8.39. The van der Waals surface area contributed by atoms with Crippen LogP contribution in [-0.4, -0.2) is 68.0 Å². The van der Waals surface area contributed by atoms with Crippen molar-refractivity contribution in [3.05, 3.63) is 18.2 Å². The summed E-state index contributed by atoms with van der Waals surface area (Å²) in [7, 11) is 0. The topological polar surface area (TPSA) is 104 Å². The molecule has 26 heavy (non-hydrogen) atoms. The van der Waals surface area contributed by atoms with Crippen LogP contribution in [0.1, 0.15) is 20.8 Å². The third-order valence-electron chi connectivity index (χ3n) is 2.71. The zero-order chi connectivity index (χ0) is 19.4. The van der Waals surface area contributed by atoms with E-state index in [9.17, 15) is 4.79 Å². The van der Waals surface area contributed by atoms with E-state index in [-0.39, 0.29) is 46.2 Å². The van der Waals surface area contributed by atoms with Crippen LogP contribution in [0.4, 0.5) is 0 Å². The molecule has 2 N–H and O–H groups in total. The van der Waals surface area contributed by atoms with Crippen LogP contribution in [0.15, 0.2) is 18.2 Å². The van der Waals surface area contributed by atoms with E-state index >= 15 is 0 Å². The number of aliphatic hydroxyl groups excluding tert-OH is 2. The zero-order valence-electron chi connectivity index (χ0n) is 15.5. The summed E-state index contributed by atoms with van der Waals surface area (Å²) in [4.78, 5) is 11.5. The minimum atomic E-state index is -0.545. The number of hydrogen-bond acceptors (Lipinski definition) is 8. The molecule has 0 aliphatic carbocycles. The van der Waals surface area contributed by atoms with Gasteiger partial charge in [0.25, 0.3) is 0 Å². The highest BCUT2D eigenvalue weighted by Gasteiger charge is 2.16. The van der Waals surface area contributed by atoms with Gasteiger partial charge in [-0.15, -0.1) is 0 Å². The first-order chi connectivity index (χ1) is 12.3. The molecule has 1 aromatic carbocycles. The highest BCUT2D eigenvalue weighted by Crippen LogP contribution is 2.28. The average Bonchev–Trinajstić information content (AvgIpc) is 2.56. The molecular weight excluding hydrogens is 344 g/mol. The third kappa shape index (κ3) is 10.1. The zero-order valence-corrected chi connectivity index (χ0v) is 15.5. The van der Waals surface area contributed by atoms with Gasteiger partial charge >= 0.3 is 5.97 Å². The molecule has 0 bridgehead atoms. The van der Waals surface area contributed by atoms with Crippen molar-refractivity contribution in [3.8, 4) is 17.2 Å². The predicted octanol–water partition coefficient (Wildman–Crippen LogP) is 1.17. The Morgan fingerprint density at radius 3 is 1.73 bits per heavy atom. The van der Waals surface area contributed by atoms with Gasteiger partial charge in [-0.25, -0.2) is 4.79 Å². The monoisotopic (exact) mass is 372 g/mol. The number of esters is 1. The standard InChI is InChI=1S/C18H28O8/c1-18(2,3)26-17(21)13-22-8-9-25-16-11-14(23-6-4-19)10-15(12-16)24-7-5-20/h10-12,19-20H,4-9,13H2,1-3H3. The SMILES string of the molecule is CC(C)(C)OC(=O)COCCOc1cc(OCCO)cc(OCCO)c1. The van der Waals surface area contributed by atoms with Crippen LogP contribution in [0.25, 0.3) is 0 Å². The van der Waals surface area contributed by atoms with E-state index in [2.05, 4.69) is 0 Å². The van der Waals surface area contributed by atoms with E-state index in [1.165, 1.54) is 0 Å². The van der Waals surface area contributed by atoms with Crippen molar-refractivity contribution in [2.24, 2.45) is 0 Å². The first-order valence-electron chi connectivity index (χ1n) is 8.39. The normalized spacial score (nSPS) is 11.1. The molecule has 0 spiro atoms. The molecular formula is C18H28O8. The van der Waals surface area contributed by atoms with E-state index < -0.39 is 11.6 Å². The van der Waals surface area contributed by atoms with Crippen LogP contribution in [-0.2, 0) is 14.3 Å². The molecule has 0 fully saturated rings. The lowest BCUT2D eigenvalue weighted by Gasteiger charge is -2.19. The second kappa shape index (κ2) is 11.6. The van der Waals surface area contributed by atoms with E-state index in [1.807, 2.05) is 0 Å². The second-order valence-corrected chi connectivity index (χ2v) is 6.27. The van der Waals surface area contributed by atoms with Crippen LogP contribution in [0.3, 0.4) is 0 Å². The maximum Gasteiger partial charge on any atom is 0.332 e. The van der Waals surface area contributed by atoms with Crippen molar-refractivity contribution < 1.29 is 38.7 Å². The van der Waals surface area contributed by atoms with Crippen molar-refractivity contribution >= 4 is 5.97 Å². The molecule has 0 saturated heterocycles. The molecule has 0 aliphatic heterocycles. The lowest BCUT2D eigenvalue weighted by molar-refractivity contribution is -0.160. The van der Waals surface area contributed by atoms with Crippen molar-refractivity contribution in [2.75, 3.05) is 46.2 Å². The number of carbonyl (C=O) groups is 1. The second-order valence-electron chi connectivity index (χ2n) is 6.27. The van der Waals surface area contributed by atoms with Gasteiger partial charge in [0.15, 0.2) is 0 Å². The van der Waals surface area contributed by atoms with Gasteiger partial charge in [0.05, 0.1) is 19.8 Å². The van der Waals surface area contributed by atoms with Gasteiger partial charge in [0, 0.05) is 18.2 Å². The summed E-state index contributed by atoms with van der Waals surface area (Å²) in [5, 5.41) is 17.7. The molecule has 0 heterocycles. The highest BCUT2D eigenvalue weighted by molar-refractivity contribution is 5.71. The summed E-state index contributed by atoms with van der Waals surface area (Å²) in [6.07, 6.45) is 0. The van der Waals surface area contributed by atoms with E-state index in [1.54, 1.807) is 39.0 Å². The van der Waals surface area contributed by atoms with Crippen LogP contribution in [0, 0.1) is 0 Å². The number of carbonyl (C=O) groups excluding carboxylic acids is 1. The van der Waals surface area contributed by atoms with Crippen LogP contribution >= 0.6 is 0 Å². The van der Waals surface area contributed by atoms with Gasteiger partial charge in [0.2, 0.25) is 0 Å². The molecule has 0 aliphatic rings. The maximum atomic E-state index is 11.5. The molecule has 0 unspecified atom stereocenters. The number of rotatable bonds is 12. The van der Waals surface area contributed by atoms with Crippen LogP contribution in [0.5, 0.6) is 17.2 Å². The van der Waals surface area contributed by atoms with E-state index in [4.69, 9.17) is 33.9 Å². The molecule has 1 aromatic rings. The Labute approximate surface area is 153 Å². The van der Waals surface area contributed by atoms with Gasteiger partial charge in [-0.2, -0.15) is 0 Å². The van der Waals surface area contributed by atoms with Gasteiger partial charge < -0.3 is 33.9 Å². The van der Waals surface area contributed by atoms with Gasteiger partial charge in [-0.1, -0.05) is 0 Å². The minimum absolute atomic E-state index is 0.115. The van der Waals surface area contributed by atoms with Gasteiger partial charge in [-0.05, 0) is 20.8 Å². The Balaban J connectivity index is 2.45. The summed E-state index contributed by atoms with van der Waals surface area (Å²) in [5.41, 5.74) is -0.545. The smallest absolute Gasteiger partial charge is 0.332 e. The number of ether oxygens (including phenoxy) is 5. The van der Waals surface area contributed by atoms with E-state index in [0.29, 0.717) is 17.2 Å². The number of hydrogen-bond donors (Lipinski definition) is 2.